The second-order valence-electron chi connectivity index (χ2n) is 2.61. The van der Waals surface area contributed by atoms with Gasteiger partial charge in [0.1, 0.15) is 10.6 Å². The summed E-state index contributed by atoms with van der Waals surface area (Å²) in [7, 11) is 4.35. The van der Waals surface area contributed by atoms with E-state index < -0.39 is 11.1 Å². The molecule has 0 radical (unpaired) electrons. The van der Waals surface area contributed by atoms with Gasteiger partial charge in [-0.2, -0.15) is 0 Å². The molecule has 1 aromatic rings. The highest BCUT2D eigenvalue weighted by atomic mass is 32.2. The van der Waals surface area contributed by atoms with Crippen molar-refractivity contribution in [2.24, 2.45) is 0 Å². The van der Waals surface area contributed by atoms with Crippen LogP contribution in [0.5, 0.6) is 17.2 Å². The first kappa shape index (κ1) is 11.8. The van der Waals surface area contributed by atoms with Crippen molar-refractivity contribution in [2.75, 3.05) is 21.3 Å². The first-order valence-electron chi connectivity index (χ1n) is 4.05. The third kappa shape index (κ3) is 2.40. The van der Waals surface area contributed by atoms with Crippen LogP contribution in [0.15, 0.2) is 17.0 Å². The lowest BCUT2D eigenvalue weighted by atomic mass is 10.3. The van der Waals surface area contributed by atoms with Crippen molar-refractivity contribution in [3.63, 3.8) is 0 Å². The molecule has 0 amide bonds. The lowest BCUT2D eigenvalue weighted by molar-refractivity contribution is 0.345. The molecule has 1 rings (SSSR count). The van der Waals surface area contributed by atoms with Gasteiger partial charge in [0.2, 0.25) is 0 Å². The van der Waals surface area contributed by atoms with Crippen LogP contribution >= 0.6 is 0 Å². The molecule has 5 nitrogen and oxygen atoms in total. The molecule has 15 heavy (non-hydrogen) atoms. The normalized spacial score (nSPS) is 12.0. The summed E-state index contributed by atoms with van der Waals surface area (Å²) < 4.78 is 35.0. The van der Waals surface area contributed by atoms with Crippen molar-refractivity contribution >= 4 is 11.1 Å². The molecule has 0 heterocycles. The molecule has 0 aliphatic heterocycles. The van der Waals surface area contributed by atoms with Gasteiger partial charge in [-0.05, 0) is 0 Å². The highest BCUT2D eigenvalue weighted by Gasteiger charge is 2.15. The van der Waals surface area contributed by atoms with Crippen LogP contribution < -0.4 is 14.2 Å². The van der Waals surface area contributed by atoms with E-state index in [4.69, 9.17) is 18.8 Å². The van der Waals surface area contributed by atoms with Crippen molar-refractivity contribution in [1.29, 1.82) is 0 Å². The van der Waals surface area contributed by atoms with Crippen LogP contribution in [0.2, 0.25) is 0 Å². The van der Waals surface area contributed by atoms with E-state index in [2.05, 4.69) is 0 Å². The van der Waals surface area contributed by atoms with Crippen LogP contribution in [0.1, 0.15) is 0 Å². The first-order chi connectivity index (χ1) is 7.13. The molecule has 1 atom stereocenters. The predicted molar refractivity (Wildman–Crippen MR) is 55.1 cm³/mol. The minimum atomic E-state index is -2.12. The van der Waals surface area contributed by atoms with Crippen LogP contribution in [0, 0.1) is 0 Å². The lowest BCUT2D eigenvalue weighted by Gasteiger charge is -2.11. The molecule has 0 saturated carbocycles. The smallest absolute Gasteiger partial charge is 0.190 e. The molecule has 0 bridgehead atoms. The van der Waals surface area contributed by atoms with Gasteiger partial charge >= 0.3 is 0 Å². The lowest BCUT2D eigenvalue weighted by Crippen LogP contribution is -1.98. The maximum absolute atomic E-state index is 11.0. The van der Waals surface area contributed by atoms with Crippen LogP contribution in [-0.2, 0) is 11.1 Å². The summed E-state index contributed by atoms with van der Waals surface area (Å²) in [4.78, 5) is 0.148. The van der Waals surface area contributed by atoms with Crippen LogP contribution in [0.3, 0.4) is 0 Å². The molecule has 0 aromatic heterocycles. The molecule has 0 aliphatic rings. The fraction of sp³-hybridized carbons (Fsp3) is 0.333. The topological polar surface area (TPSA) is 65.0 Å². The van der Waals surface area contributed by atoms with Crippen molar-refractivity contribution < 1.29 is 23.0 Å². The van der Waals surface area contributed by atoms with Gasteiger partial charge in [-0.1, -0.05) is 0 Å². The van der Waals surface area contributed by atoms with E-state index in [-0.39, 0.29) is 10.6 Å². The molecular weight excluding hydrogens is 220 g/mol. The van der Waals surface area contributed by atoms with Crippen LogP contribution in [-0.4, -0.2) is 30.1 Å². The van der Waals surface area contributed by atoms with Gasteiger partial charge < -0.3 is 18.8 Å². The molecular formula is C9H12O5S. The van der Waals surface area contributed by atoms with Crippen LogP contribution in [0.25, 0.3) is 0 Å². The number of methoxy groups -OCH3 is 3. The highest BCUT2D eigenvalue weighted by molar-refractivity contribution is 7.79. The van der Waals surface area contributed by atoms with E-state index in [1.165, 1.54) is 33.5 Å². The first-order valence-corrected chi connectivity index (χ1v) is 5.15. The summed E-state index contributed by atoms with van der Waals surface area (Å²) in [5.41, 5.74) is 0. The minimum Gasteiger partial charge on any atom is -0.495 e. The van der Waals surface area contributed by atoms with E-state index in [1.807, 2.05) is 0 Å². The number of hydrogen-bond donors (Lipinski definition) is 1. The summed E-state index contributed by atoms with van der Waals surface area (Å²) in [6.07, 6.45) is 0. The van der Waals surface area contributed by atoms with Crippen molar-refractivity contribution in [2.45, 2.75) is 4.90 Å². The van der Waals surface area contributed by atoms with Crippen molar-refractivity contribution in [3.05, 3.63) is 12.1 Å². The van der Waals surface area contributed by atoms with Gasteiger partial charge in [-0.25, -0.2) is 4.21 Å². The second-order valence-corrected chi connectivity index (χ2v) is 3.55. The minimum absolute atomic E-state index is 0.148. The Morgan fingerprint density at radius 3 is 1.87 bits per heavy atom. The molecule has 1 unspecified atom stereocenters. The Labute approximate surface area is 90.2 Å². The van der Waals surface area contributed by atoms with E-state index >= 15 is 0 Å². The second kappa shape index (κ2) is 4.99. The third-order valence-corrected chi connectivity index (χ3v) is 2.55. The van der Waals surface area contributed by atoms with Gasteiger partial charge in [0.25, 0.3) is 0 Å². The molecule has 0 fully saturated rings. The summed E-state index contributed by atoms with van der Waals surface area (Å²) in [6.45, 7) is 0. The Kier molecular flexibility index (Phi) is 3.93. The molecule has 0 aliphatic carbocycles. The summed E-state index contributed by atoms with van der Waals surface area (Å²) in [5, 5.41) is 0. The largest absolute Gasteiger partial charge is 0.495 e. The highest BCUT2D eigenvalue weighted by Crippen LogP contribution is 2.35. The Hall–Kier alpha value is -1.27. The van der Waals surface area contributed by atoms with Crippen molar-refractivity contribution in [3.8, 4) is 17.2 Å². The average molecular weight is 232 g/mol. The maximum atomic E-state index is 11.0. The number of ether oxygens (including phenoxy) is 3. The van der Waals surface area contributed by atoms with Gasteiger partial charge in [-0.3, -0.25) is 0 Å². The van der Waals surface area contributed by atoms with E-state index in [1.54, 1.807) is 0 Å². The quantitative estimate of drug-likeness (QED) is 0.792. The Bertz CT molecular complexity index is 377. The standard InChI is InChI=1S/C9H12O5S/c1-12-6-4-8(14-3)9(15(10)11)5-7(6)13-2/h4-5H,1-3H3,(H,10,11). The Morgan fingerprint density at radius 2 is 1.47 bits per heavy atom. The zero-order valence-electron chi connectivity index (χ0n) is 8.64. The summed E-state index contributed by atoms with van der Waals surface area (Å²) >= 11 is -2.12. The molecule has 0 spiro atoms. The molecule has 84 valence electrons. The molecule has 1 N–H and O–H groups in total. The Balaban J connectivity index is 3.34. The maximum Gasteiger partial charge on any atom is 0.190 e. The average Bonchev–Trinajstić information content (AvgIpc) is 2.26. The van der Waals surface area contributed by atoms with E-state index in [0.29, 0.717) is 11.5 Å². The zero-order valence-corrected chi connectivity index (χ0v) is 9.46. The molecule has 0 saturated heterocycles. The summed E-state index contributed by atoms with van der Waals surface area (Å²) in [5.74, 6) is 1.12. The number of rotatable bonds is 4. The fourth-order valence-corrected chi connectivity index (χ4v) is 1.66. The number of hydrogen-bond acceptors (Lipinski definition) is 4. The zero-order chi connectivity index (χ0) is 11.4. The number of benzene rings is 1. The van der Waals surface area contributed by atoms with Crippen molar-refractivity contribution in [1.82, 2.24) is 0 Å². The van der Waals surface area contributed by atoms with E-state index in [9.17, 15) is 4.21 Å². The Morgan fingerprint density at radius 1 is 1.00 bits per heavy atom. The van der Waals surface area contributed by atoms with Gasteiger partial charge in [0.05, 0.1) is 21.3 Å². The third-order valence-electron chi connectivity index (χ3n) is 1.86. The fourth-order valence-electron chi connectivity index (χ4n) is 1.14. The van der Waals surface area contributed by atoms with Gasteiger partial charge in [0, 0.05) is 12.1 Å². The molecule has 1 aromatic carbocycles. The van der Waals surface area contributed by atoms with Gasteiger partial charge in [0.15, 0.2) is 22.6 Å². The van der Waals surface area contributed by atoms with Gasteiger partial charge in [-0.15, -0.1) is 0 Å². The monoisotopic (exact) mass is 232 g/mol. The molecule has 6 heteroatoms. The van der Waals surface area contributed by atoms with Crippen LogP contribution in [0.4, 0.5) is 0 Å². The predicted octanol–water partition coefficient (Wildman–Crippen LogP) is 1.29. The SMILES string of the molecule is COc1cc(OC)c(S(=O)O)cc1OC. The summed E-state index contributed by atoms with van der Waals surface area (Å²) in [6, 6.07) is 2.91. The van der Waals surface area contributed by atoms with E-state index in [0.717, 1.165) is 0 Å².